The van der Waals surface area contributed by atoms with Gasteiger partial charge in [-0.3, -0.25) is 0 Å². The van der Waals surface area contributed by atoms with Crippen LogP contribution < -0.4 is 4.74 Å². The van der Waals surface area contributed by atoms with E-state index in [0.717, 1.165) is 5.75 Å². The van der Waals surface area contributed by atoms with Crippen molar-refractivity contribution in [1.29, 1.82) is 0 Å². The maximum atomic E-state index is 5.22. The van der Waals surface area contributed by atoms with Gasteiger partial charge in [0.2, 0.25) is 0 Å². The maximum absolute atomic E-state index is 5.22. The fourth-order valence-corrected chi connectivity index (χ4v) is 0.733. The lowest BCUT2D eigenvalue weighted by Gasteiger charge is -1.98. The van der Waals surface area contributed by atoms with Crippen molar-refractivity contribution in [2.45, 2.75) is 0 Å². The number of ether oxygens (including phenoxy) is 1. The predicted octanol–water partition coefficient (Wildman–Crippen LogP) is 1.96. The maximum Gasteiger partial charge on any atom is 0.149 e. The molecule has 0 spiro atoms. The summed E-state index contributed by atoms with van der Waals surface area (Å²) in [5.74, 6) is 3.53. The first-order valence-electron chi connectivity index (χ1n) is 3.23. The Balaban J connectivity index is 2.43. The fourth-order valence-electron chi connectivity index (χ4n) is 0.668. The third-order valence-corrected chi connectivity index (χ3v) is 1.29. The second-order valence-electron chi connectivity index (χ2n) is 1.89. The summed E-state index contributed by atoms with van der Waals surface area (Å²) in [6.07, 6.45) is 0. The van der Waals surface area contributed by atoms with E-state index in [-0.39, 0.29) is 0 Å². The third kappa shape index (κ3) is 3.01. The summed E-state index contributed by atoms with van der Waals surface area (Å²) < 4.78 is 5.22. The van der Waals surface area contributed by atoms with Gasteiger partial charge in [0.15, 0.2) is 0 Å². The van der Waals surface area contributed by atoms with Crippen LogP contribution in [0.3, 0.4) is 0 Å². The molecule has 0 unspecified atom stereocenters. The van der Waals surface area contributed by atoms with E-state index < -0.39 is 0 Å². The van der Waals surface area contributed by atoms with E-state index in [1.54, 1.807) is 0 Å². The lowest BCUT2D eigenvalue weighted by molar-refractivity contribution is 0.370. The Morgan fingerprint density at radius 3 is 2.64 bits per heavy atom. The molecule has 1 aromatic rings. The minimum Gasteiger partial charge on any atom is -0.481 e. The number of hydrogen-bond donors (Lipinski definition) is 1. The molecule has 1 rings (SSSR count). The number of rotatable bonds is 2. The topological polar surface area (TPSA) is 9.23 Å². The molecule has 2 heteroatoms. The molecule has 0 N–H and O–H groups in total. The smallest absolute Gasteiger partial charge is 0.149 e. The Labute approximate surface area is 71.8 Å². The van der Waals surface area contributed by atoms with Gasteiger partial charge in [-0.15, -0.1) is 0 Å². The molecule has 0 saturated heterocycles. The molecule has 0 aliphatic rings. The summed E-state index contributed by atoms with van der Waals surface area (Å²) in [5.41, 5.74) is 0. The summed E-state index contributed by atoms with van der Waals surface area (Å²) in [4.78, 5) is 0. The molecule has 0 aliphatic carbocycles. The average Bonchev–Trinajstić information content (AvgIpc) is 2.07. The fraction of sp³-hybridized carbons (Fsp3) is 0.111. The molecule has 0 bridgehead atoms. The molecule has 0 heterocycles. The van der Waals surface area contributed by atoms with E-state index in [0.29, 0.717) is 6.61 Å². The minimum atomic E-state index is 0.396. The molecule has 0 aliphatic heterocycles. The number of para-hydroxylation sites is 1. The first-order chi connectivity index (χ1) is 5.43. The molecule has 0 aromatic heterocycles. The van der Waals surface area contributed by atoms with Crippen LogP contribution in [0.25, 0.3) is 0 Å². The van der Waals surface area contributed by atoms with Gasteiger partial charge in [-0.25, -0.2) is 0 Å². The SMILES string of the molecule is SC#CCOc1ccccc1. The predicted molar refractivity (Wildman–Crippen MR) is 48.7 cm³/mol. The lowest BCUT2D eigenvalue weighted by Crippen LogP contribution is -1.92. The standard InChI is InChI=1S/C9H8OS/c11-8-4-7-10-9-5-2-1-3-6-9/h1-3,5-6,11H,7H2. The van der Waals surface area contributed by atoms with Crippen LogP contribution in [0.5, 0.6) is 5.75 Å². The number of benzene rings is 1. The lowest BCUT2D eigenvalue weighted by atomic mass is 10.3. The monoisotopic (exact) mass is 164 g/mol. The van der Waals surface area contributed by atoms with Crippen LogP contribution in [0.4, 0.5) is 0 Å². The van der Waals surface area contributed by atoms with E-state index in [4.69, 9.17) is 4.74 Å². The quantitative estimate of drug-likeness (QED) is 0.519. The molecule has 11 heavy (non-hydrogen) atoms. The zero-order valence-electron chi connectivity index (χ0n) is 5.95. The van der Waals surface area contributed by atoms with Crippen LogP contribution in [0, 0.1) is 11.2 Å². The molecule has 0 amide bonds. The first kappa shape index (κ1) is 8.03. The minimum absolute atomic E-state index is 0.396. The first-order valence-corrected chi connectivity index (χ1v) is 3.68. The highest BCUT2D eigenvalue weighted by molar-refractivity contribution is 7.85. The summed E-state index contributed by atoms with van der Waals surface area (Å²) in [6, 6.07) is 9.56. The van der Waals surface area contributed by atoms with Gasteiger partial charge >= 0.3 is 0 Å². The van der Waals surface area contributed by atoms with Crippen molar-refractivity contribution < 1.29 is 4.74 Å². The van der Waals surface area contributed by atoms with Crippen molar-refractivity contribution in [2.24, 2.45) is 0 Å². The largest absolute Gasteiger partial charge is 0.481 e. The Hall–Kier alpha value is -1.07. The molecule has 56 valence electrons. The Kier molecular flexibility index (Phi) is 3.43. The Morgan fingerprint density at radius 2 is 2.00 bits per heavy atom. The second kappa shape index (κ2) is 4.70. The molecule has 1 aromatic carbocycles. The van der Waals surface area contributed by atoms with Crippen LogP contribution in [-0.4, -0.2) is 6.61 Å². The van der Waals surface area contributed by atoms with Gasteiger partial charge in [0.1, 0.15) is 12.4 Å². The molecular formula is C9H8OS. The third-order valence-electron chi connectivity index (χ3n) is 1.13. The van der Waals surface area contributed by atoms with Crippen LogP contribution in [0.2, 0.25) is 0 Å². The highest BCUT2D eigenvalue weighted by Gasteiger charge is 1.85. The van der Waals surface area contributed by atoms with E-state index >= 15 is 0 Å². The van der Waals surface area contributed by atoms with Crippen molar-refractivity contribution >= 4 is 12.6 Å². The highest BCUT2D eigenvalue weighted by Crippen LogP contribution is 2.07. The van der Waals surface area contributed by atoms with Crippen LogP contribution in [-0.2, 0) is 0 Å². The van der Waals surface area contributed by atoms with Gasteiger partial charge in [-0.1, -0.05) is 36.7 Å². The summed E-state index contributed by atoms with van der Waals surface area (Å²) in [6.45, 7) is 0.396. The zero-order chi connectivity index (χ0) is 7.94. The van der Waals surface area contributed by atoms with Crippen molar-refractivity contribution in [3.05, 3.63) is 30.3 Å². The second-order valence-corrected chi connectivity index (χ2v) is 2.11. The van der Waals surface area contributed by atoms with Crippen molar-refractivity contribution in [1.82, 2.24) is 0 Å². The van der Waals surface area contributed by atoms with E-state index in [9.17, 15) is 0 Å². The Morgan fingerprint density at radius 1 is 1.27 bits per heavy atom. The average molecular weight is 164 g/mol. The zero-order valence-corrected chi connectivity index (χ0v) is 6.84. The van der Waals surface area contributed by atoms with Gasteiger partial charge < -0.3 is 4.74 Å². The molecule has 0 fully saturated rings. The van der Waals surface area contributed by atoms with Crippen LogP contribution in [0.15, 0.2) is 30.3 Å². The van der Waals surface area contributed by atoms with Gasteiger partial charge in [-0.2, -0.15) is 0 Å². The van der Waals surface area contributed by atoms with Crippen LogP contribution in [0.1, 0.15) is 0 Å². The van der Waals surface area contributed by atoms with E-state index in [2.05, 4.69) is 23.8 Å². The summed E-state index contributed by atoms with van der Waals surface area (Å²) >= 11 is 3.73. The molecule has 0 saturated carbocycles. The molecular weight excluding hydrogens is 156 g/mol. The molecule has 1 nitrogen and oxygen atoms in total. The number of hydrogen-bond acceptors (Lipinski definition) is 2. The Bertz CT molecular complexity index is 258. The van der Waals surface area contributed by atoms with Crippen molar-refractivity contribution in [3.63, 3.8) is 0 Å². The van der Waals surface area contributed by atoms with Gasteiger partial charge in [-0.05, 0) is 17.4 Å². The van der Waals surface area contributed by atoms with Gasteiger partial charge in [0.05, 0.1) is 0 Å². The summed E-state index contributed by atoms with van der Waals surface area (Å²) in [5, 5.41) is 2.46. The van der Waals surface area contributed by atoms with Gasteiger partial charge in [0.25, 0.3) is 0 Å². The summed E-state index contributed by atoms with van der Waals surface area (Å²) in [7, 11) is 0. The van der Waals surface area contributed by atoms with Gasteiger partial charge in [0, 0.05) is 0 Å². The van der Waals surface area contributed by atoms with Crippen molar-refractivity contribution in [3.8, 4) is 16.9 Å². The number of thiol groups is 1. The van der Waals surface area contributed by atoms with E-state index in [1.165, 1.54) is 0 Å². The molecule has 0 radical (unpaired) electrons. The van der Waals surface area contributed by atoms with Crippen molar-refractivity contribution in [2.75, 3.05) is 6.61 Å². The molecule has 0 atom stereocenters. The highest BCUT2D eigenvalue weighted by atomic mass is 32.1. The van der Waals surface area contributed by atoms with Crippen LogP contribution >= 0.6 is 12.6 Å². The normalized spacial score (nSPS) is 8.09. The van der Waals surface area contributed by atoms with E-state index in [1.807, 2.05) is 30.3 Å².